The molecule has 4 unspecified atom stereocenters. The van der Waals surface area contributed by atoms with E-state index in [-0.39, 0.29) is 28.6 Å². The standard InChI is InChI=1S/C26H40O3/c1-15(17(3)27)12-16(2)20-6-7-21-24-22(9-11-26(20,21)5)25(4)10-8-19(28)13-18(25)14-23(24)29/h15-16,18,20-22,24H,6-14H2,1-5H3/t15-,16+,18?,20+,21?,22?,24?,25-,26+/m0/s1. The lowest BCUT2D eigenvalue weighted by Crippen LogP contribution is -2.57. The number of hydrogen-bond donors (Lipinski definition) is 0. The average molecular weight is 401 g/mol. The molecule has 162 valence electrons. The molecule has 4 rings (SSSR count). The van der Waals surface area contributed by atoms with E-state index in [1.54, 1.807) is 6.92 Å². The number of Topliss-reactive ketones (excluding diaryl/α,β-unsaturated/α-hetero) is 3. The fourth-order valence-electron chi connectivity index (χ4n) is 8.59. The van der Waals surface area contributed by atoms with Crippen LogP contribution in [0.5, 0.6) is 0 Å². The van der Waals surface area contributed by atoms with Gasteiger partial charge in [-0.05, 0) is 85.9 Å². The van der Waals surface area contributed by atoms with E-state index in [1.807, 2.05) is 0 Å². The Hall–Kier alpha value is -0.990. The van der Waals surface area contributed by atoms with E-state index in [1.165, 1.54) is 19.3 Å². The van der Waals surface area contributed by atoms with E-state index in [9.17, 15) is 14.4 Å². The van der Waals surface area contributed by atoms with Gasteiger partial charge in [-0.25, -0.2) is 0 Å². The Kier molecular flexibility index (Phi) is 5.35. The highest BCUT2D eigenvalue weighted by atomic mass is 16.1. The van der Waals surface area contributed by atoms with Crippen molar-refractivity contribution in [3.05, 3.63) is 0 Å². The lowest BCUT2D eigenvalue weighted by molar-refractivity contribution is -0.159. The molecule has 0 bridgehead atoms. The van der Waals surface area contributed by atoms with Gasteiger partial charge in [0.25, 0.3) is 0 Å². The quantitative estimate of drug-likeness (QED) is 0.613. The SMILES string of the molecule is CC(=O)[C@@H](C)C[C@@H](C)[C@H]1CCC2C3C(=O)CC4CC(=O)CC[C@]4(C)C3CC[C@@]21C. The minimum absolute atomic E-state index is 0.139. The Bertz CT molecular complexity index is 711. The molecule has 4 aliphatic carbocycles. The molecule has 3 nitrogen and oxygen atoms in total. The zero-order valence-electron chi connectivity index (χ0n) is 19.1. The van der Waals surface area contributed by atoms with Crippen molar-refractivity contribution in [2.45, 2.75) is 92.4 Å². The van der Waals surface area contributed by atoms with Crippen LogP contribution in [-0.4, -0.2) is 17.3 Å². The van der Waals surface area contributed by atoms with Crippen molar-refractivity contribution >= 4 is 17.3 Å². The summed E-state index contributed by atoms with van der Waals surface area (Å²) in [6.07, 6.45) is 8.70. The number of ketones is 3. The predicted molar refractivity (Wildman–Crippen MR) is 114 cm³/mol. The van der Waals surface area contributed by atoms with Crippen LogP contribution < -0.4 is 0 Å². The smallest absolute Gasteiger partial charge is 0.136 e. The van der Waals surface area contributed by atoms with E-state index >= 15 is 0 Å². The van der Waals surface area contributed by atoms with E-state index in [0.717, 1.165) is 25.7 Å². The summed E-state index contributed by atoms with van der Waals surface area (Å²) in [5.74, 6) is 3.92. The molecule has 4 saturated carbocycles. The number of fused-ring (bicyclic) bond motifs is 5. The molecule has 29 heavy (non-hydrogen) atoms. The largest absolute Gasteiger partial charge is 0.300 e. The molecule has 0 saturated heterocycles. The Labute approximate surface area is 176 Å². The lowest BCUT2D eigenvalue weighted by atomic mass is 9.44. The molecule has 0 spiro atoms. The van der Waals surface area contributed by atoms with Gasteiger partial charge in [0.05, 0.1) is 0 Å². The van der Waals surface area contributed by atoms with Gasteiger partial charge in [0, 0.05) is 31.1 Å². The van der Waals surface area contributed by atoms with Gasteiger partial charge in [0.1, 0.15) is 17.3 Å². The molecule has 0 aliphatic heterocycles. The number of hydrogen-bond acceptors (Lipinski definition) is 3. The van der Waals surface area contributed by atoms with Crippen LogP contribution in [0, 0.1) is 52.3 Å². The number of carbonyl (C=O) groups excluding carboxylic acids is 3. The van der Waals surface area contributed by atoms with Crippen LogP contribution in [0.3, 0.4) is 0 Å². The summed E-state index contributed by atoms with van der Waals surface area (Å²) in [4.78, 5) is 37.3. The first-order valence-corrected chi connectivity index (χ1v) is 12.1. The summed E-state index contributed by atoms with van der Waals surface area (Å²) in [6, 6.07) is 0. The topological polar surface area (TPSA) is 51.2 Å². The van der Waals surface area contributed by atoms with Crippen LogP contribution in [0.15, 0.2) is 0 Å². The molecule has 0 aromatic carbocycles. The van der Waals surface area contributed by atoms with Crippen LogP contribution in [0.1, 0.15) is 92.4 Å². The van der Waals surface area contributed by atoms with Gasteiger partial charge in [-0.1, -0.05) is 27.7 Å². The van der Waals surface area contributed by atoms with Crippen molar-refractivity contribution in [1.82, 2.24) is 0 Å². The highest BCUT2D eigenvalue weighted by Gasteiger charge is 2.63. The van der Waals surface area contributed by atoms with Crippen LogP contribution in [0.4, 0.5) is 0 Å². The third kappa shape index (κ3) is 3.26. The number of rotatable bonds is 4. The van der Waals surface area contributed by atoms with Gasteiger partial charge in [-0.15, -0.1) is 0 Å². The third-order valence-electron chi connectivity index (χ3n) is 10.5. The summed E-state index contributed by atoms with van der Waals surface area (Å²) in [5.41, 5.74) is 0.418. The summed E-state index contributed by atoms with van der Waals surface area (Å²) >= 11 is 0. The average Bonchev–Trinajstić information content (AvgIpc) is 3.00. The summed E-state index contributed by atoms with van der Waals surface area (Å²) in [7, 11) is 0. The second-order valence-corrected chi connectivity index (χ2v) is 11.8. The van der Waals surface area contributed by atoms with E-state index in [2.05, 4.69) is 27.7 Å². The molecular formula is C26H40O3. The Balaban J connectivity index is 1.57. The molecule has 0 heterocycles. The molecule has 3 heteroatoms. The highest BCUT2D eigenvalue weighted by Crippen LogP contribution is 2.67. The van der Waals surface area contributed by atoms with Crippen LogP contribution in [-0.2, 0) is 14.4 Å². The molecule has 0 radical (unpaired) electrons. The first-order chi connectivity index (χ1) is 13.6. The van der Waals surface area contributed by atoms with Gasteiger partial charge in [0.15, 0.2) is 0 Å². The second kappa shape index (κ2) is 7.31. The predicted octanol–water partition coefficient (Wildman–Crippen LogP) is 5.64. The first-order valence-electron chi connectivity index (χ1n) is 12.1. The van der Waals surface area contributed by atoms with Crippen molar-refractivity contribution in [3.63, 3.8) is 0 Å². The maximum atomic E-state index is 13.4. The van der Waals surface area contributed by atoms with Crippen LogP contribution in [0.2, 0.25) is 0 Å². The summed E-state index contributed by atoms with van der Waals surface area (Å²) in [5, 5.41) is 0. The number of carbonyl (C=O) groups is 3. The minimum Gasteiger partial charge on any atom is -0.300 e. The van der Waals surface area contributed by atoms with Crippen molar-refractivity contribution in [3.8, 4) is 0 Å². The zero-order chi connectivity index (χ0) is 21.1. The lowest BCUT2D eigenvalue weighted by Gasteiger charge is -2.59. The van der Waals surface area contributed by atoms with Gasteiger partial charge >= 0.3 is 0 Å². The Morgan fingerprint density at radius 2 is 1.69 bits per heavy atom. The fraction of sp³-hybridized carbons (Fsp3) is 0.885. The van der Waals surface area contributed by atoms with Crippen molar-refractivity contribution in [2.75, 3.05) is 0 Å². The molecule has 4 fully saturated rings. The normalized spacial score (nSPS) is 46.4. The Morgan fingerprint density at radius 3 is 2.38 bits per heavy atom. The van der Waals surface area contributed by atoms with E-state index in [4.69, 9.17) is 0 Å². The summed E-state index contributed by atoms with van der Waals surface area (Å²) in [6.45, 7) is 11.0. The fourth-order valence-corrected chi connectivity index (χ4v) is 8.59. The van der Waals surface area contributed by atoms with Gasteiger partial charge in [0.2, 0.25) is 0 Å². The van der Waals surface area contributed by atoms with Crippen molar-refractivity contribution in [1.29, 1.82) is 0 Å². The van der Waals surface area contributed by atoms with Crippen LogP contribution >= 0.6 is 0 Å². The molecule has 0 aromatic rings. The molecule has 0 aromatic heterocycles. The van der Waals surface area contributed by atoms with Crippen molar-refractivity contribution in [2.24, 2.45) is 52.3 Å². The monoisotopic (exact) mass is 400 g/mol. The van der Waals surface area contributed by atoms with Crippen LogP contribution in [0.25, 0.3) is 0 Å². The Morgan fingerprint density at radius 1 is 1.00 bits per heavy atom. The molecular weight excluding hydrogens is 360 g/mol. The first kappa shape index (κ1) is 21.2. The maximum Gasteiger partial charge on any atom is 0.136 e. The van der Waals surface area contributed by atoms with Gasteiger partial charge in [-0.2, -0.15) is 0 Å². The molecule has 0 amide bonds. The van der Waals surface area contributed by atoms with E-state index < -0.39 is 0 Å². The molecule has 0 N–H and O–H groups in total. The molecule has 4 aliphatic rings. The van der Waals surface area contributed by atoms with E-state index in [0.29, 0.717) is 53.9 Å². The second-order valence-electron chi connectivity index (χ2n) is 11.8. The van der Waals surface area contributed by atoms with Crippen molar-refractivity contribution < 1.29 is 14.4 Å². The highest BCUT2D eigenvalue weighted by molar-refractivity contribution is 5.86. The third-order valence-corrected chi connectivity index (χ3v) is 10.5. The van der Waals surface area contributed by atoms with Gasteiger partial charge < -0.3 is 0 Å². The van der Waals surface area contributed by atoms with Gasteiger partial charge in [-0.3, -0.25) is 14.4 Å². The molecule has 9 atom stereocenters. The summed E-state index contributed by atoms with van der Waals surface area (Å²) < 4.78 is 0. The maximum absolute atomic E-state index is 13.4. The minimum atomic E-state index is 0.139. The zero-order valence-corrected chi connectivity index (χ0v) is 19.1.